The van der Waals surface area contributed by atoms with Gasteiger partial charge >= 0.3 is 0 Å². The molecule has 0 bridgehead atoms. The van der Waals surface area contributed by atoms with Crippen molar-refractivity contribution in [2.75, 3.05) is 11.4 Å². The lowest BCUT2D eigenvalue weighted by molar-refractivity contribution is 0.525. The predicted molar refractivity (Wildman–Crippen MR) is 97.5 cm³/mol. The van der Waals surface area contributed by atoms with Crippen molar-refractivity contribution in [3.63, 3.8) is 0 Å². The molecule has 0 radical (unpaired) electrons. The van der Waals surface area contributed by atoms with Crippen LogP contribution in [0.25, 0.3) is 16.6 Å². The van der Waals surface area contributed by atoms with Gasteiger partial charge in [-0.05, 0) is 67.6 Å². The number of hydrogen-bond acceptors (Lipinski definition) is 3. The Morgan fingerprint density at radius 3 is 2.52 bits per heavy atom. The molecule has 2 atom stereocenters. The zero-order valence-corrected chi connectivity index (χ0v) is 14.0. The van der Waals surface area contributed by atoms with E-state index in [1.807, 2.05) is 10.9 Å². The van der Waals surface area contributed by atoms with E-state index in [1.54, 1.807) is 12.1 Å². The van der Waals surface area contributed by atoms with Crippen LogP contribution in [0, 0.1) is 11.7 Å². The first-order valence-corrected chi connectivity index (χ1v) is 8.97. The minimum Gasteiger partial charge on any atom is -0.367 e. The molecule has 0 amide bonds. The molecule has 2 aromatic carbocycles. The number of hydrogen-bond donors (Lipinski definition) is 1. The summed E-state index contributed by atoms with van der Waals surface area (Å²) in [7, 11) is 0. The second-order valence-electron chi connectivity index (χ2n) is 7.25. The van der Waals surface area contributed by atoms with Crippen LogP contribution in [0.1, 0.15) is 19.3 Å². The summed E-state index contributed by atoms with van der Waals surface area (Å²) >= 11 is 0. The largest absolute Gasteiger partial charge is 0.367 e. The molecule has 1 unspecified atom stereocenters. The summed E-state index contributed by atoms with van der Waals surface area (Å²) in [6.07, 6.45) is 5.55. The minimum atomic E-state index is -0.237. The van der Waals surface area contributed by atoms with Crippen LogP contribution in [-0.4, -0.2) is 28.4 Å². The quantitative estimate of drug-likeness (QED) is 0.796. The third-order valence-electron chi connectivity index (χ3n) is 5.56. The van der Waals surface area contributed by atoms with E-state index in [-0.39, 0.29) is 11.9 Å². The molecule has 2 fully saturated rings. The van der Waals surface area contributed by atoms with Crippen molar-refractivity contribution in [3.8, 4) is 5.69 Å². The van der Waals surface area contributed by atoms with Crippen molar-refractivity contribution in [2.24, 2.45) is 11.7 Å². The molecule has 4 nitrogen and oxygen atoms in total. The van der Waals surface area contributed by atoms with Crippen LogP contribution < -0.4 is 10.6 Å². The Kier molecular flexibility index (Phi) is 3.31. The molecule has 5 heteroatoms. The molecule has 1 saturated carbocycles. The van der Waals surface area contributed by atoms with Gasteiger partial charge in [-0.25, -0.2) is 9.07 Å². The smallest absolute Gasteiger partial charge is 0.123 e. The number of nitrogens with two attached hydrogens (primary N) is 1. The van der Waals surface area contributed by atoms with Gasteiger partial charge in [0.2, 0.25) is 0 Å². The molecule has 5 rings (SSSR count). The fraction of sp³-hybridized carbons (Fsp3) is 0.350. The summed E-state index contributed by atoms with van der Waals surface area (Å²) in [5, 5.41) is 5.59. The first kappa shape index (κ1) is 14.9. The normalized spacial score (nSPS) is 23.5. The van der Waals surface area contributed by atoms with Crippen LogP contribution in [0.4, 0.5) is 10.1 Å². The number of fused-ring (bicyclic) bond motifs is 1. The average molecular weight is 336 g/mol. The molecule has 2 N–H and O–H groups in total. The summed E-state index contributed by atoms with van der Waals surface area (Å²) in [6.45, 7) is 1.03. The third-order valence-corrected chi connectivity index (χ3v) is 5.56. The average Bonchev–Trinajstić information content (AvgIpc) is 3.25. The number of halogens is 1. The van der Waals surface area contributed by atoms with Gasteiger partial charge in [0.1, 0.15) is 5.82 Å². The Bertz CT molecular complexity index is 913. The lowest BCUT2D eigenvalue weighted by Crippen LogP contribution is -2.41. The Labute approximate surface area is 146 Å². The molecule has 0 spiro atoms. The Morgan fingerprint density at radius 2 is 1.76 bits per heavy atom. The molecular weight excluding hydrogens is 315 g/mol. The molecule has 1 aromatic heterocycles. The van der Waals surface area contributed by atoms with E-state index in [2.05, 4.69) is 28.2 Å². The third kappa shape index (κ3) is 2.50. The fourth-order valence-corrected chi connectivity index (χ4v) is 4.17. The summed E-state index contributed by atoms with van der Waals surface area (Å²) in [5.41, 5.74) is 9.49. The van der Waals surface area contributed by atoms with E-state index in [1.165, 1.54) is 30.7 Å². The molecule has 2 heterocycles. The first-order chi connectivity index (χ1) is 12.2. The van der Waals surface area contributed by atoms with E-state index in [9.17, 15) is 4.39 Å². The van der Waals surface area contributed by atoms with Crippen LogP contribution in [0.3, 0.4) is 0 Å². The summed E-state index contributed by atoms with van der Waals surface area (Å²) < 4.78 is 15.0. The molecule has 1 aliphatic carbocycles. The zero-order chi connectivity index (χ0) is 17.0. The maximum Gasteiger partial charge on any atom is 0.123 e. The molecular formula is C20H21FN4. The van der Waals surface area contributed by atoms with Gasteiger partial charge in [-0.2, -0.15) is 5.10 Å². The fourth-order valence-electron chi connectivity index (χ4n) is 4.17. The van der Waals surface area contributed by atoms with Gasteiger partial charge in [0.05, 0.1) is 17.4 Å². The number of anilines is 1. The second-order valence-corrected chi connectivity index (χ2v) is 7.25. The van der Waals surface area contributed by atoms with Gasteiger partial charge in [-0.3, -0.25) is 0 Å². The summed E-state index contributed by atoms with van der Waals surface area (Å²) in [6, 6.07) is 13.7. The summed E-state index contributed by atoms with van der Waals surface area (Å²) in [4.78, 5) is 2.48. The van der Waals surface area contributed by atoms with Crippen molar-refractivity contribution >= 4 is 16.6 Å². The highest BCUT2D eigenvalue weighted by Crippen LogP contribution is 2.42. The Balaban J connectivity index is 1.52. The maximum atomic E-state index is 13.2. The van der Waals surface area contributed by atoms with Gasteiger partial charge in [-0.15, -0.1) is 0 Å². The molecule has 128 valence electrons. The highest BCUT2D eigenvalue weighted by atomic mass is 19.1. The standard InChI is InChI=1S/C20H21FN4/c21-15-3-5-16(6-4-15)25-19-8-7-17(11-14(19)12-23-25)24-10-9-18(22)20(24)13-1-2-13/h3-8,11-13,18,20H,1-2,9-10,22H2/t18-,20?/m0/s1. The lowest BCUT2D eigenvalue weighted by atomic mass is 10.0. The molecule has 3 aromatic rings. The monoisotopic (exact) mass is 336 g/mol. The van der Waals surface area contributed by atoms with E-state index >= 15 is 0 Å². The van der Waals surface area contributed by atoms with Crippen LogP contribution in [0.15, 0.2) is 48.7 Å². The van der Waals surface area contributed by atoms with Crippen molar-refractivity contribution in [2.45, 2.75) is 31.3 Å². The molecule has 1 aliphatic heterocycles. The van der Waals surface area contributed by atoms with Gasteiger partial charge in [0, 0.05) is 29.7 Å². The predicted octanol–water partition coefficient (Wildman–Crippen LogP) is 3.48. The number of rotatable bonds is 3. The van der Waals surface area contributed by atoms with Crippen molar-refractivity contribution in [1.82, 2.24) is 9.78 Å². The van der Waals surface area contributed by atoms with Gasteiger partial charge in [0.25, 0.3) is 0 Å². The van der Waals surface area contributed by atoms with E-state index < -0.39 is 0 Å². The highest BCUT2D eigenvalue weighted by Gasteiger charge is 2.42. The maximum absolute atomic E-state index is 13.2. The Hall–Kier alpha value is -2.40. The van der Waals surface area contributed by atoms with Crippen LogP contribution in [0.2, 0.25) is 0 Å². The van der Waals surface area contributed by atoms with Crippen molar-refractivity contribution in [3.05, 3.63) is 54.5 Å². The molecule has 2 aliphatic rings. The second kappa shape index (κ2) is 5.56. The molecule has 25 heavy (non-hydrogen) atoms. The number of nitrogens with zero attached hydrogens (tertiary/aromatic N) is 3. The number of benzene rings is 2. The van der Waals surface area contributed by atoms with Crippen molar-refractivity contribution in [1.29, 1.82) is 0 Å². The van der Waals surface area contributed by atoms with Crippen LogP contribution >= 0.6 is 0 Å². The van der Waals surface area contributed by atoms with Gasteiger partial charge < -0.3 is 10.6 Å². The summed E-state index contributed by atoms with van der Waals surface area (Å²) in [5.74, 6) is 0.522. The van der Waals surface area contributed by atoms with E-state index in [0.717, 1.165) is 35.5 Å². The number of aromatic nitrogens is 2. The topological polar surface area (TPSA) is 47.1 Å². The van der Waals surface area contributed by atoms with Gasteiger partial charge in [-0.1, -0.05) is 0 Å². The van der Waals surface area contributed by atoms with Crippen LogP contribution in [-0.2, 0) is 0 Å². The van der Waals surface area contributed by atoms with E-state index in [4.69, 9.17) is 5.73 Å². The first-order valence-electron chi connectivity index (χ1n) is 8.97. The van der Waals surface area contributed by atoms with Crippen molar-refractivity contribution < 1.29 is 4.39 Å². The van der Waals surface area contributed by atoms with E-state index in [0.29, 0.717) is 6.04 Å². The van der Waals surface area contributed by atoms with Crippen LogP contribution in [0.5, 0.6) is 0 Å². The zero-order valence-electron chi connectivity index (χ0n) is 14.0. The molecule has 1 saturated heterocycles. The SMILES string of the molecule is N[C@H]1CCN(c2ccc3c(cnn3-c3ccc(F)cc3)c2)C1C1CC1. The van der Waals surface area contributed by atoms with Gasteiger partial charge in [0.15, 0.2) is 0 Å². The highest BCUT2D eigenvalue weighted by molar-refractivity contribution is 5.84. The Morgan fingerprint density at radius 1 is 1.00 bits per heavy atom. The minimum absolute atomic E-state index is 0.237. The lowest BCUT2D eigenvalue weighted by Gasteiger charge is -2.29.